The molecule has 0 radical (unpaired) electrons. The van der Waals surface area contributed by atoms with Gasteiger partial charge in [0.2, 0.25) is 0 Å². The van der Waals surface area contributed by atoms with E-state index in [9.17, 15) is 0 Å². The van der Waals surface area contributed by atoms with Crippen molar-refractivity contribution in [2.75, 3.05) is 5.73 Å². The highest BCUT2D eigenvalue weighted by Gasteiger charge is 2.06. The van der Waals surface area contributed by atoms with E-state index >= 15 is 0 Å². The third-order valence-electron chi connectivity index (χ3n) is 1.80. The van der Waals surface area contributed by atoms with Gasteiger partial charge in [0.25, 0.3) is 0 Å². The second-order valence-corrected chi connectivity index (χ2v) is 3.77. The van der Waals surface area contributed by atoms with E-state index in [0.29, 0.717) is 12.4 Å². The van der Waals surface area contributed by atoms with Crippen molar-refractivity contribution in [3.8, 4) is 0 Å². The van der Waals surface area contributed by atoms with Crippen molar-refractivity contribution < 1.29 is 0 Å². The third kappa shape index (κ3) is 1.63. The Balaban J connectivity index is 2.22. The van der Waals surface area contributed by atoms with Gasteiger partial charge in [-0.3, -0.25) is 4.68 Å². The molecule has 0 amide bonds. The van der Waals surface area contributed by atoms with Crippen molar-refractivity contribution in [2.24, 2.45) is 7.05 Å². The quantitative estimate of drug-likeness (QED) is 0.845. The van der Waals surface area contributed by atoms with Crippen molar-refractivity contribution in [2.45, 2.75) is 6.54 Å². The van der Waals surface area contributed by atoms with Gasteiger partial charge in [-0.25, -0.2) is 4.68 Å². The number of hydrogen-bond acceptors (Lipinski definition) is 4. The van der Waals surface area contributed by atoms with Crippen LogP contribution in [0.4, 0.5) is 5.82 Å². The highest BCUT2D eigenvalue weighted by Crippen LogP contribution is 2.18. The van der Waals surface area contributed by atoms with Gasteiger partial charge < -0.3 is 5.73 Å². The smallest absolute Gasteiger partial charge is 0.136 e. The molecule has 0 unspecified atom stereocenters. The Bertz CT molecular complexity index is 445. The zero-order valence-electron chi connectivity index (χ0n) is 7.55. The van der Waals surface area contributed by atoms with Crippen molar-refractivity contribution in [1.29, 1.82) is 0 Å². The summed E-state index contributed by atoms with van der Waals surface area (Å²) in [5, 5.41) is 11.9. The Kier molecular flexibility index (Phi) is 2.24. The number of aryl methyl sites for hydroxylation is 1. The summed E-state index contributed by atoms with van der Waals surface area (Å²) < 4.78 is 4.10. The third-order valence-corrected chi connectivity index (χ3v) is 2.41. The molecule has 0 spiro atoms. The summed E-state index contributed by atoms with van der Waals surface area (Å²) in [6.45, 7) is 0.533. The summed E-state index contributed by atoms with van der Waals surface area (Å²) >= 11 is 3.29. The van der Waals surface area contributed by atoms with E-state index < -0.39 is 0 Å². The fourth-order valence-corrected chi connectivity index (χ4v) is 1.42. The fraction of sp³-hybridized carbons (Fsp3) is 0.286. The molecule has 0 fully saturated rings. The van der Waals surface area contributed by atoms with Crippen LogP contribution in [0.15, 0.2) is 16.9 Å². The molecule has 2 aromatic rings. The molecule has 0 atom stereocenters. The van der Waals surface area contributed by atoms with Gasteiger partial charge >= 0.3 is 0 Å². The maximum Gasteiger partial charge on any atom is 0.136 e. The topological polar surface area (TPSA) is 74.5 Å². The number of aromatic nitrogens is 5. The lowest BCUT2D eigenvalue weighted by molar-refractivity contribution is 0.676. The van der Waals surface area contributed by atoms with E-state index in [1.807, 2.05) is 13.2 Å². The first-order chi connectivity index (χ1) is 6.66. The normalized spacial score (nSPS) is 10.7. The van der Waals surface area contributed by atoms with E-state index in [-0.39, 0.29) is 0 Å². The second kappa shape index (κ2) is 3.41. The van der Waals surface area contributed by atoms with Gasteiger partial charge in [-0.15, -0.1) is 5.10 Å². The van der Waals surface area contributed by atoms with E-state index in [1.54, 1.807) is 15.6 Å². The Hall–Kier alpha value is -1.37. The van der Waals surface area contributed by atoms with Gasteiger partial charge in [0.05, 0.1) is 23.4 Å². The van der Waals surface area contributed by atoms with Crippen LogP contribution in [0.5, 0.6) is 0 Å². The predicted octanol–water partition coefficient (Wildman–Crippen LogP) is 0.405. The van der Waals surface area contributed by atoms with Gasteiger partial charge in [0.1, 0.15) is 11.5 Å². The van der Waals surface area contributed by atoms with Crippen molar-refractivity contribution in [3.63, 3.8) is 0 Å². The second-order valence-electron chi connectivity index (χ2n) is 2.92. The molecule has 74 valence electrons. The van der Waals surface area contributed by atoms with Gasteiger partial charge in [0.15, 0.2) is 0 Å². The summed E-state index contributed by atoms with van der Waals surface area (Å²) in [4.78, 5) is 0. The van der Waals surface area contributed by atoms with Crippen LogP contribution in [0.3, 0.4) is 0 Å². The van der Waals surface area contributed by atoms with Crippen molar-refractivity contribution >= 4 is 21.7 Å². The van der Waals surface area contributed by atoms with Crippen LogP contribution in [0.25, 0.3) is 0 Å². The number of hydrogen-bond donors (Lipinski definition) is 1. The molecule has 0 saturated heterocycles. The Morgan fingerprint density at radius 2 is 2.36 bits per heavy atom. The van der Waals surface area contributed by atoms with E-state index in [0.717, 1.165) is 10.2 Å². The minimum atomic E-state index is 0.533. The van der Waals surface area contributed by atoms with Crippen LogP contribution in [-0.4, -0.2) is 24.8 Å². The molecular formula is C7H9BrN6. The first kappa shape index (κ1) is 9.20. The molecule has 6 nitrogen and oxygen atoms in total. The monoisotopic (exact) mass is 256 g/mol. The van der Waals surface area contributed by atoms with Gasteiger partial charge in [-0.05, 0) is 15.9 Å². The molecule has 2 aromatic heterocycles. The van der Waals surface area contributed by atoms with Crippen molar-refractivity contribution in [1.82, 2.24) is 24.8 Å². The van der Waals surface area contributed by atoms with E-state index in [4.69, 9.17) is 5.73 Å². The zero-order chi connectivity index (χ0) is 10.1. The average Bonchev–Trinajstić information content (AvgIpc) is 2.67. The Morgan fingerprint density at radius 3 is 2.86 bits per heavy atom. The first-order valence-corrected chi connectivity index (χ1v) is 4.78. The molecular weight excluding hydrogens is 248 g/mol. The summed E-state index contributed by atoms with van der Waals surface area (Å²) in [6, 6.07) is 0. The molecule has 0 saturated carbocycles. The van der Waals surface area contributed by atoms with Crippen LogP contribution in [0, 0.1) is 0 Å². The molecule has 0 bridgehead atoms. The Morgan fingerprint density at radius 1 is 1.57 bits per heavy atom. The minimum absolute atomic E-state index is 0.533. The zero-order valence-corrected chi connectivity index (χ0v) is 9.14. The average molecular weight is 257 g/mol. The predicted molar refractivity (Wildman–Crippen MR) is 54.4 cm³/mol. The standard InChI is InChI=1S/C7H9BrN6/c1-13-3-5(11-12-13)4-14-7(9)6(8)2-10-14/h2-3H,4,9H2,1H3. The molecule has 14 heavy (non-hydrogen) atoms. The SMILES string of the molecule is Cn1cc(Cn2ncc(Br)c2N)nn1. The lowest BCUT2D eigenvalue weighted by Gasteiger charge is -1.99. The molecule has 0 aromatic carbocycles. The van der Waals surface area contributed by atoms with Crippen LogP contribution < -0.4 is 5.73 Å². The number of halogens is 1. The first-order valence-electron chi connectivity index (χ1n) is 3.99. The molecule has 0 aliphatic heterocycles. The van der Waals surface area contributed by atoms with Crippen molar-refractivity contribution in [3.05, 3.63) is 22.6 Å². The largest absolute Gasteiger partial charge is 0.383 e. The maximum atomic E-state index is 5.76. The molecule has 2 N–H and O–H groups in total. The minimum Gasteiger partial charge on any atom is -0.383 e. The van der Waals surface area contributed by atoms with Crippen LogP contribution in [0.2, 0.25) is 0 Å². The summed E-state index contributed by atoms with van der Waals surface area (Å²) in [5.74, 6) is 0.593. The van der Waals surface area contributed by atoms with Crippen LogP contribution >= 0.6 is 15.9 Å². The highest BCUT2D eigenvalue weighted by atomic mass is 79.9. The van der Waals surface area contributed by atoms with Gasteiger partial charge in [-0.2, -0.15) is 5.10 Å². The van der Waals surface area contributed by atoms with E-state index in [2.05, 4.69) is 31.3 Å². The highest BCUT2D eigenvalue weighted by molar-refractivity contribution is 9.10. The lowest BCUT2D eigenvalue weighted by Crippen LogP contribution is -2.06. The maximum absolute atomic E-state index is 5.76. The summed E-state index contributed by atoms with van der Waals surface area (Å²) in [7, 11) is 1.82. The van der Waals surface area contributed by atoms with Gasteiger partial charge in [-0.1, -0.05) is 5.21 Å². The molecule has 0 aliphatic carbocycles. The van der Waals surface area contributed by atoms with Crippen LogP contribution in [0.1, 0.15) is 5.69 Å². The number of anilines is 1. The molecule has 0 aliphatic rings. The van der Waals surface area contributed by atoms with Crippen LogP contribution in [-0.2, 0) is 13.6 Å². The lowest BCUT2D eigenvalue weighted by atomic mass is 10.5. The van der Waals surface area contributed by atoms with Gasteiger partial charge in [0, 0.05) is 7.05 Å². The fourth-order valence-electron chi connectivity index (χ4n) is 1.12. The summed E-state index contributed by atoms with van der Waals surface area (Å²) in [5.41, 5.74) is 6.58. The molecule has 2 heterocycles. The van der Waals surface area contributed by atoms with E-state index in [1.165, 1.54) is 0 Å². The summed E-state index contributed by atoms with van der Waals surface area (Å²) in [6.07, 6.45) is 3.49. The number of nitrogens with zero attached hydrogens (tertiary/aromatic N) is 5. The number of nitrogen functional groups attached to an aromatic ring is 1. The molecule has 2 rings (SSSR count). The number of rotatable bonds is 2. The molecule has 7 heteroatoms. The Labute approximate surface area is 88.8 Å². The number of nitrogens with two attached hydrogens (primary N) is 1.